The predicted molar refractivity (Wildman–Crippen MR) is 203 cm³/mol. The summed E-state index contributed by atoms with van der Waals surface area (Å²) >= 11 is 0. The van der Waals surface area contributed by atoms with Gasteiger partial charge in [0.15, 0.2) is 6.10 Å². The molecule has 1 aliphatic rings. The molecule has 1 aliphatic heterocycles. The van der Waals surface area contributed by atoms with E-state index >= 15 is 8.78 Å². The van der Waals surface area contributed by atoms with E-state index in [2.05, 4.69) is 11.9 Å². The zero-order valence-corrected chi connectivity index (χ0v) is 35.1. The van der Waals surface area contributed by atoms with Gasteiger partial charge in [0.25, 0.3) is 0 Å². The Morgan fingerprint density at radius 2 is 1.30 bits per heavy atom. The number of nitrogen functional groups attached to an aromatic ring is 1. The Kier molecular flexibility index (Phi) is 20.6. The van der Waals surface area contributed by atoms with E-state index in [1.807, 2.05) is 0 Å². The van der Waals surface area contributed by atoms with Crippen molar-refractivity contribution in [3.63, 3.8) is 0 Å². The molecule has 1 fully saturated rings. The molecular weight excluding hydrogens is 759 g/mol. The number of halogens is 2. The minimum Gasteiger partial charge on any atom is -0.453 e. The van der Waals surface area contributed by atoms with Crippen LogP contribution in [0.4, 0.5) is 14.6 Å². The van der Waals surface area contributed by atoms with Gasteiger partial charge in [0, 0.05) is 12.6 Å². The predicted octanol–water partition coefficient (Wildman–Crippen LogP) is 8.39. The highest BCUT2D eigenvalue weighted by Crippen LogP contribution is 2.51. The van der Waals surface area contributed by atoms with Gasteiger partial charge < -0.3 is 24.7 Å². The lowest BCUT2D eigenvalue weighted by Crippen LogP contribution is -2.44. The van der Waals surface area contributed by atoms with Crippen molar-refractivity contribution in [2.75, 3.05) is 25.9 Å². The normalized spacial score (nSPS) is 18.5. The van der Waals surface area contributed by atoms with E-state index in [-0.39, 0.29) is 25.1 Å². The fourth-order valence-electron chi connectivity index (χ4n) is 5.72. The molecule has 56 heavy (non-hydrogen) atoms. The lowest BCUT2D eigenvalue weighted by Gasteiger charge is -2.25. The molecule has 2 heterocycles. The van der Waals surface area contributed by atoms with Crippen molar-refractivity contribution in [1.82, 2.24) is 9.55 Å². The van der Waals surface area contributed by atoms with Crippen molar-refractivity contribution in [2.24, 2.45) is 10.8 Å². The van der Waals surface area contributed by atoms with Crippen LogP contribution in [0.25, 0.3) is 0 Å². The van der Waals surface area contributed by atoms with Crippen LogP contribution in [0.3, 0.4) is 0 Å². The summed E-state index contributed by atoms with van der Waals surface area (Å²) in [4.78, 5) is 53.5. The molecule has 2 unspecified atom stereocenters. The highest BCUT2D eigenvalue weighted by atomic mass is 31.2. The molecule has 0 aliphatic carbocycles. The van der Waals surface area contributed by atoms with Gasteiger partial charge in [-0.3, -0.25) is 23.5 Å². The van der Waals surface area contributed by atoms with Crippen LogP contribution in [-0.2, 0) is 51.5 Å². The zero-order chi connectivity index (χ0) is 42.0. The number of nitrogens with zero attached hydrogens (tertiary/aromatic N) is 2. The molecule has 1 saturated heterocycles. The third-order valence-electron chi connectivity index (χ3n) is 8.55. The van der Waals surface area contributed by atoms with Crippen LogP contribution in [0.15, 0.2) is 17.1 Å². The summed E-state index contributed by atoms with van der Waals surface area (Å²) in [7, 11) is -4.86. The van der Waals surface area contributed by atoms with Gasteiger partial charge in [-0.1, -0.05) is 119 Å². The third kappa shape index (κ3) is 19.0. The van der Waals surface area contributed by atoms with Gasteiger partial charge >= 0.3 is 37.3 Å². The molecule has 0 spiro atoms. The topological polar surface area (TPSA) is 194 Å². The number of unbranched alkanes of at least 4 members (excludes halogenated alkanes) is 11. The highest BCUT2D eigenvalue weighted by Gasteiger charge is 2.63. The van der Waals surface area contributed by atoms with Crippen LogP contribution in [0.2, 0.25) is 0 Å². The standard InChI is InChI=1S/C38H64F2N3O12P/c1-8-9-10-11-12-13-14-15-16-17-18-19-20-30(44)55-33-28(54-34(38(33,39)40)43-22-21-29(41)42-35(43)47)25-51-56(48,52-26-49-31(45)23-36(2,3)4)53-27-50-32(46)24-37(5,6)7/h21-22,28,33-34H,8-20,23-27H2,1-7H3,(H2,41,42,47)/t28?,33-,34?/m1/s1. The van der Waals surface area contributed by atoms with Gasteiger partial charge in [-0.25, -0.2) is 18.4 Å². The van der Waals surface area contributed by atoms with Gasteiger partial charge in [0.2, 0.25) is 19.8 Å². The maximum Gasteiger partial charge on any atom is 0.480 e. The van der Waals surface area contributed by atoms with Crippen LogP contribution in [0, 0.1) is 10.8 Å². The largest absolute Gasteiger partial charge is 0.480 e. The minimum absolute atomic E-state index is 0.0230. The van der Waals surface area contributed by atoms with Gasteiger partial charge in [0.05, 0.1) is 19.4 Å². The number of carbonyl (C=O) groups is 3. The second-order valence-corrected chi connectivity index (χ2v) is 18.2. The number of phosphoric ester groups is 1. The maximum atomic E-state index is 16.1. The molecule has 0 saturated carbocycles. The molecule has 1 aromatic heterocycles. The van der Waals surface area contributed by atoms with Crippen LogP contribution in [0.5, 0.6) is 0 Å². The first-order valence-corrected chi connectivity index (χ1v) is 21.0. The number of hydrogen-bond donors (Lipinski definition) is 1. The van der Waals surface area contributed by atoms with E-state index in [4.69, 9.17) is 38.3 Å². The molecule has 0 aromatic carbocycles. The molecule has 2 rings (SSSR count). The number of alkyl halides is 2. The first-order valence-electron chi connectivity index (χ1n) is 19.6. The number of phosphoric acid groups is 1. The zero-order valence-electron chi connectivity index (χ0n) is 34.2. The SMILES string of the molecule is CCCCCCCCCCCCCCC(=O)O[C@@H]1C(COP(=O)(OCOC(=O)CC(C)(C)C)OCOC(=O)CC(C)(C)C)OC(n2ccc(N)nc2=O)C1(F)F. The number of rotatable bonds is 26. The molecule has 0 amide bonds. The number of esters is 3. The van der Waals surface area contributed by atoms with Crippen molar-refractivity contribution in [3.8, 4) is 0 Å². The quantitative estimate of drug-likeness (QED) is 0.0308. The molecule has 2 N–H and O–H groups in total. The lowest BCUT2D eigenvalue weighted by molar-refractivity contribution is -0.176. The van der Waals surface area contributed by atoms with E-state index < -0.39 is 86.8 Å². The Hall–Kier alpha value is -2.98. The summed E-state index contributed by atoms with van der Waals surface area (Å²) in [5.74, 6) is -6.60. The molecule has 0 bridgehead atoms. The molecular formula is C38H64F2N3O12P. The van der Waals surface area contributed by atoms with Crippen LogP contribution in [-0.4, -0.2) is 65.8 Å². The first kappa shape index (κ1) is 49.2. The van der Waals surface area contributed by atoms with E-state index in [9.17, 15) is 23.7 Å². The highest BCUT2D eigenvalue weighted by molar-refractivity contribution is 7.48. The van der Waals surface area contributed by atoms with E-state index in [1.165, 1.54) is 38.5 Å². The van der Waals surface area contributed by atoms with Crippen molar-refractivity contribution in [1.29, 1.82) is 0 Å². The molecule has 322 valence electrons. The van der Waals surface area contributed by atoms with Gasteiger partial charge in [-0.15, -0.1) is 0 Å². The maximum absolute atomic E-state index is 16.1. The second-order valence-electron chi connectivity index (χ2n) is 16.5. The van der Waals surface area contributed by atoms with E-state index in [1.54, 1.807) is 41.5 Å². The summed E-state index contributed by atoms with van der Waals surface area (Å²) in [5.41, 5.74) is 3.49. The number of ether oxygens (including phenoxy) is 4. The van der Waals surface area contributed by atoms with E-state index in [0.717, 1.165) is 37.9 Å². The Bertz CT molecular complexity index is 1440. The average molecular weight is 824 g/mol. The Morgan fingerprint density at radius 1 is 0.821 bits per heavy atom. The summed E-state index contributed by atoms with van der Waals surface area (Å²) in [6.07, 6.45) is 6.91. The fourth-order valence-corrected chi connectivity index (χ4v) is 6.64. The molecule has 1 aromatic rings. The fraction of sp³-hybridized carbons (Fsp3) is 0.816. The minimum atomic E-state index is -4.86. The smallest absolute Gasteiger partial charge is 0.453 e. The summed E-state index contributed by atoms with van der Waals surface area (Å²) in [5, 5.41) is 0. The number of nitrogens with two attached hydrogens (primary N) is 1. The Morgan fingerprint density at radius 3 is 1.77 bits per heavy atom. The van der Waals surface area contributed by atoms with Crippen LogP contribution in [0.1, 0.15) is 151 Å². The van der Waals surface area contributed by atoms with Gasteiger partial charge in [0.1, 0.15) is 11.9 Å². The summed E-state index contributed by atoms with van der Waals surface area (Å²) < 4.78 is 82.8. The molecule has 3 atom stereocenters. The Balaban J connectivity index is 2.13. The average Bonchev–Trinajstić information content (AvgIpc) is 3.31. The molecule has 0 radical (unpaired) electrons. The lowest BCUT2D eigenvalue weighted by atomic mass is 9.92. The van der Waals surface area contributed by atoms with Gasteiger partial charge in [-0.05, 0) is 23.3 Å². The summed E-state index contributed by atoms with van der Waals surface area (Å²) in [6, 6.07) is 1.11. The summed E-state index contributed by atoms with van der Waals surface area (Å²) in [6.45, 7) is 10.1. The van der Waals surface area contributed by atoms with Crippen LogP contribution < -0.4 is 11.4 Å². The number of carbonyl (C=O) groups excluding carboxylic acids is 3. The first-order chi connectivity index (χ1) is 26.2. The van der Waals surface area contributed by atoms with Gasteiger partial charge in [-0.2, -0.15) is 13.8 Å². The van der Waals surface area contributed by atoms with Crippen molar-refractivity contribution in [2.45, 2.75) is 169 Å². The third-order valence-corrected chi connectivity index (χ3v) is 9.86. The van der Waals surface area contributed by atoms with Crippen molar-refractivity contribution >= 4 is 31.5 Å². The van der Waals surface area contributed by atoms with E-state index in [0.29, 0.717) is 17.4 Å². The molecule has 18 heteroatoms. The molecule has 15 nitrogen and oxygen atoms in total. The number of hydrogen-bond acceptors (Lipinski definition) is 14. The second kappa shape index (κ2) is 23.4. The number of anilines is 1. The van der Waals surface area contributed by atoms with Crippen molar-refractivity contribution in [3.05, 3.63) is 22.7 Å². The van der Waals surface area contributed by atoms with Crippen molar-refractivity contribution < 1.29 is 60.2 Å². The monoisotopic (exact) mass is 823 g/mol. The Labute approximate surface area is 329 Å². The number of aromatic nitrogens is 2. The van der Waals surface area contributed by atoms with Crippen LogP contribution >= 0.6 is 7.82 Å².